The Morgan fingerprint density at radius 2 is 1.71 bits per heavy atom. The van der Waals surface area contributed by atoms with Gasteiger partial charge in [-0.05, 0) is 37.6 Å². The van der Waals surface area contributed by atoms with Gasteiger partial charge in [0, 0.05) is 31.6 Å². The summed E-state index contributed by atoms with van der Waals surface area (Å²) in [6, 6.07) is 21.8. The zero-order valence-electron chi connectivity index (χ0n) is 22.8. The van der Waals surface area contributed by atoms with Gasteiger partial charge in [0.15, 0.2) is 0 Å². The van der Waals surface area contributed by atoms with Gasteiger partial charge in [0.2, 0.25) is 11.7 Å². The van der Waals surface area contributed by atoms with Gasteiger partial charge >= 0.3 is 0 Å². The van der Waals surface area contributed by atoms with E-state index in [0.717, 1.165) is 11.1 Å². The smallest absolute Gasteiger partial charge is 0.259 e. The first kappa shape index (κ1) is 27.6. The monoisotopic (exact) mass is 553 g/mol. The lowest BCUT2D eigenvalue weighted by Crippen LogP contribution is -2.39. The van der Waals surface area contributed by atoms with E-state index in [0.29, 0.717) is 47.8 Å². The summed E-state index contributed by atoms with van der Waals surface area (Å²) in [6.07, 6.45) is 0.699. The maximum Gasteiger partial charge on any atom is 0.259 e. The van der Waals surface area contributed by atoms with E-state index in [2.05, 4.69) is 20.8 Å². The van der Waals surface area contributed by atoms with E-state index in [1.807, 2.05) is 43.3 Å². The van der Waals surface area contributed by atoms with Gasteiger partial charge < -0.3 is 24.8 Å². The molecule has 41 heavy (non-hydrogen) atoms. The van der Waals surface area contributed by atoms with Crippen LogP contribution in [-0.4, -0.2) is 65.5 Å². The quantitative estimate of drug-likeness (QED) is 0.394. The minimum atomic E-state index is -0.297. The van der Waals surface area contributed by atoms with Crippen LogP contribution in [0.5, 0.6) is 5.75 Å². The molecule has 10 heteroatoms. The standard InChI is InChI=1S/C31H31N5O5/c1-21-13-14-26-25(20-21)29(38)33-15-18-36(17-7-12-27(37)32-16-19-40-26)31(39)24-11-6-5-10-23(24)30-34-28(35-41-30)22-8-3-2-4-9-22/h2-6,8-11,13-14,20H,7,12,15-19H2,1H3,(H,32,37)(H,33,38). The van der Waals surface area contributed by atoms with E-state index in [4.69, 9.17) is 9.26 Å². The molecule has 3 aromatic carbocycles. The van der Waals surface area contributed by atoms with Gasteiger partial charge in [0.25, 0.3) is 17.7 Å². The number of fused-ring (bicyclic) bond motifs is 1. The van der Waals surface area contributed by atoms with Gasteiger partial charge in [0.1, 0.15) is 12.4 Å². The van der Waals surface area contributed by atoms with Crippen LogP contribution in [0.15, 0.2) is 77.3 Å². The van der Waals surface area contributed by atoms with Crippen molar-refractivity contribution in [3.63, 3.8) is 0 Å². The second-order valence-electron chi connectivity index (χ2n) is 9.68. The molecule has 1 aliphatic rings. The van der Waals surface area contributed by atoms with Gasteiger partial charge in [0.05, 0.1) is 23.2 Å². The van der Waals surface area contributed by atoms with Crippen molar-refractivity contribution in [3.8, 4) is 28.6 Å². The lowest BCUT2D eigenvalue weighted by atomic mass is 10.1. The summed E-state index contributed by atoms with van der Waals surface area (Å²) >= 11 is 0. The molecule has 10 nitrogen and oxygen atoms in total. The summed E-state index contributed by atoms with van der Waals surface area (Å²) in [7, 11) is 0. The highest BCUT2D eigenvalue weighted by molar-refractivity contribution is 6.00. The average Bonchev–Trinajstić information content (AvgIpc) is 3.49. The Hall–Kier alpha value is -4.99. The number of nitrogens with zero attached hydrogens (tertiary/aromatic N) is 3. The lowest BCUT2D eigenvalue weighted by Gasteiger charge is -2.24. The van der Waals surface area contributed by atoms with Gasteiger partial charge in [-0.25, -0.2) is 0 Å². The van der Waals surface area contributed by atoms with E-state index in [1.165, 1.54) is 0 Å². The molecule has 0 atom stereocenters. The highest BCUT2D eigenvalue weighted by Crippen LogP contribution is 2.26. The summed E-state index contributed by atoms with van der Waals surface area (Å²) in [6.45, 7) is 3.21. The Kier molecular flexibility index (Phi) is 8.68. The molecule has 0 radical (unpaired) electrons. The maximum absolute atomic E-state index is 13.9. The fourth-order valence-electron chi connectivity index (χ4n) is 4.60. The van der Waals surface area contributed by atoms with Crippen LogP contribution in [-0.2, 0) is 4.79 Å². The van der Waals surface area contributed by atoms with Crippen molar-refractivity contribution in [1.82, 2.24) is 25.7 Å². The predicted octanol–water partition coefficient (Wildman–Crippen LogP) is 3.87. The molecular formula is C31H31N5O5. The first-order chi connectivity index (χ1) is 20.0. The number of carbonyl (C=O) groups is 3. The second kappa shape index (κ2) is 12.9. The Balaban J connectivity index is 1.38. The predicted molar refractivity (Wildman–Crippen MR) is 152 cm³/mol. The Morgan fingerprint density at radius 1 is 0.902 bits per heavy atom. The van der Waals surface area contributed by atoms with E-state index >= 15 is 0 Å². The molecular weight excluding hydrogens is 522 g/mol. The number of amides is 3. The molecule has 0 saturated heterocycles. The van der Waals surface area contributed by atoms with Crippen molar-refractivity contribution < 1.29 is 23.6 Å². The molecule has 3 amide bonds. The number of rotatable bonds is 3. The van der Waals surface area contributed by atoms with Crippen LogP contribution in [0.3, 0.4) is 0 Å². The van der Waals surface area contributed by atoms with Crippen LogP contribution < -0.4 is 15.4 Å². The molecule has 1 aliphatic heterocycles. The molecule has 0 spiro atoms. The van der Waals surface area contributed by atoms with Crippen LogP contribution in [0.4, 0.5) is 0 Å². The van der Waals surface area contributed by atoms with Gasteiger partial charge in [-0.1, -0.05) is 59.3 Å². The van der Waals surface area contributed by atoms with Crippen molar-refractivity contribution in [2.24, 2.45) is 0 Å². The largest absolute Gasteiger partial charge is 0.491 e. The van der Waals surface area contributed by atoms with Crippen molar-refractivity contribution in [3.05, 3.63) is 89.5 Å². The van der Waals surface area contributed by atoms with Gasteiger partial charge in [-0.15, -0.1) is 0 Å². The zero-order valence-corrected chi connectivity index (χ0v) is 22.8. The highest BCUT2D eigenvalue weighted by Gasteiger charge is 2.23. The third kappa shape index (κ3) is 6.78. The molecule has 0 unspecified atom stereocenters. The molecule has 2 N–H and O–H groups in total. The van der Waals surface area contributed by atoms with Crippen LogP contribution >= 0.6 is 0 Å². The van der Waals surface area contributed by atoms with Crippen LogP contribution in [0.25, 0.3) is 22.8 Å². The molecule has 0 saturated carbocycles. The number of nitrogens with one attached hydrogen (secondary N) is 2. The fraction of sp³-hybridized carbons (Fsp3) is 0.258. The summed E-state index contributed by atoms with van der Waals surface area (Å²) in [4.78, 5) is 45.5. The fourth-order valence-corrected chi connectivity index (χ4v) is 4.60. The van der Waals surface area contributed by atoms with Crippen molar-refractivity contribution >= 4 is 17.7 Å². The first-order valence-corrected chi connectivity index (χ1v) is 13.6. The Morgan fingerprint density at radius 3 is 2.56 bits per heavy atom. The van der Waals surface area contributed by atoms with Crippen molar-refractivity contribution in [1.29, 1.82) is 0 Å². The number of aryl methyl sites for hydroxylation is 1. The Bertz CT molecular complexity index is 1530. The SMILES string of the molecule is Cc1ccc2c(c1)C(=O)NCCN(C(=O)c1ccccc1-c1nc(-c3ccccc3)no1)CCCC(=O)NCCO2. The third-order valence-electron chi connectivity index (χ3n) is 6.69. The van der Waals surface area contributed by atoms with E-state index in [1.54, 1.807) is 41.3 Å². The zero-order chi connectivity index (χ0) is 28.6. The summed E-state index contributed by atoms with van der Waals surface area (Å²) in [5.74, 6) is 0.395. The van der Waals surface area contributed by atoms with Gasteiger partial charge in [-0.3, -0.25) is 14.4 Å². The van der Waals surface area contributed by atoms with Crippen LogP contribution in [0, 0.1) is 6.92 Å². The molecule has 4 aromatic rings. The van der Waals surface area contributed by atoms with Gasteiger partial charge in [-0.2, -0.15) is 4.98 Å². The number of carbonyl (C=O) groups excluding carboxylic acids is 3. The second-order valence-corrected chi connectivity index (χ2v) is 9.68. The van der Waals surface area contributed by atoms with E-state index in [9.17, 15) is 14.4 Å². The van der Waals surface area contributed by atoms with Crippen molar-refractivity contribution in [2.45, 2.75) is 19.8 Å². The summed E-state index contributed by atoms with van der Waals surface area (Å²) in [5, 5.41) is 9.84. The maximum atomic E-state index is 13.9. The average molecular weight is 554 g/mol. The topological polar surface area (TPSA) is 127 Å². The van der Waals surface area contributed by atoms with E-state index < -0.39 is 0 Å². The summed E-state index contributed by atoms with van der Waals surface area (Å²) < 4.78 is 11.3. The van der Waals surface area contributed by atoms with Crippen molar-refractivity contribution in [2.75, 3.05) is 32.8 Å². The number of aromatic nitrogens is 2. The van der Waals surface area contributed by atoms with E-state index in [-0.39, 0.29) is 49.7 Å². The molecule has 210 valence electrons. The number of hydrogen-bond acceptors (Lipinski definition) is 7. The normalized spacial score (nSPS) is 15.0. The molecule has 0 aliphatic carbocycles. The Labute approximate surface area is 237 Å². The molecule has 5 rings (SSSR count). The minimum Gasteiger partial charge on any atom is -0.491 e. The number of hydrogen-bond donors (Lipinski definition) is 2. The molecule has 2 heterocycles. The van der Waals surface area contributed by atoms with Crippen LogP contribution in [0.1, 0.15) is 39.1 Å². The van der Waals surface area contributed by atoms with Crippen LogP contribution in [0.2, 0.25) is 0 Å². The highest BCUT2D eigenvalue weighted by atomic mass is 16.5. The first-order valence-electron chi connectivity index (χ1n) is 13.6. The molecule has 0 fully saturated rings. The third-order valence-corrected chi connectivity index (χ3v) is 6.69. The molecule has 0 bridgehead atoms. The molecule has 1 aromatic heterocycles. The minimum absolute atomic E-state index is 0.131. The number of ether oxygens (including phenoxy) is 1. The number of benzene rings is 3. The summed E-state index contributed by atoms with van der Waals surface area (Å²) in [5.41, 5.74) is 3.01. The lowest BCUT2D eigenvalue weighted by molar-refractivity contribution is -0.121.